The van der Waals surface area contributed by atoms with Gasteiger partial charge in [0.1, 0.15) is 0 Å². The van der Waals surface area contributed by atoms with Crippen molar-refractivity contribution in [1.82, 2.24) is 0 Å². The van der Waals surface area contributed by atoms with Crippen LogP contribution in [0.4, 0.5) is 0 Å². The Morgan fingerprint density at radius 2 is 1.79 bits per heavy atom. The van der Waals surface area contributed by atoms with Gasteiger partial charge in [0, 0.05) is 6.16 Å². The van der Waals surface area contributed by atoms with Crippen LogP contribution in [0.15, 0.2) is 0 Å². The van der Waals surface area contributed by atoms with Crippen molar-refractivity contribution in [2.24, 2.45) is 0 Å². The molecule has 14 heavy (non-hydrogen) atoms. The van der Waals surface area contributed by atoms with E-state index in [4.69, 9.17) is 9.08 Å². The average Bonchev–Trinajstić information content (AvgIpc) is 1.99. The van der Waals surface area contributed by atoms with Crippen LogP contribution < -0.4 is 0 Å². The van der Waals surface area contributed by atoms with Crippen molar-refractivity contribution in [2.45, 2.75) is 26.7 Å². The minimum atomic E-state index is -4.57. The van der Waals surface area contributed by atoms with Crippen molar-refractivity contribution < 1.29 is 22.1 Å². The van der Waals surface area contributed by atoms with Crippen LogP contribution in [0, 0.1) is 0 Å². The zero-order chi connectivity index (χ0) is 10.5. The van der Waals surface area contributed by atoms with Crippen LogP contribution in [0.3, 0.4) is 0 Å². The van der Waals surface area contributed by atoms with Gasteiger partial charge in [0.15, 0.2) is 0 Å². The van der Waals surface area contributed by atoms with Crippen LogP contribution in [-0.2, 0) is 18.8 Å². The molecule has 0 saturated heterocycles. The standard InChI is InChI=1S/C6H15O5PS.Na.H/c1-3-5-11-12(7,6-4-2)13(8,9)10;;/h3-6H2,1-2H3,(H,8,9,10);;. The molecule has 0 radical (unpaired) electrons. The summed E-state index contributed by atoms with van der Waals surface area (Å²) in [4.78, 5) is 0. The van der Waals surface area contributed by atoms with Gasteiger partial charge in [-0.1, -0.05) is 13.8 Å². The Morgan fingerprint density at radius 1 is 1.29 bits per heavy atom. The van der Waals surface area contributed by atoms with Crippen LogP contribution in [0.5, 0.6) is 0 Å². The van der Waals surface area contributed by atoms with Crippen LogP contribution in [-0.4, -0.2) is 55.3 Å². The van der Waals surface area contributed by atoms with Crippen LogP contribution in [0.1, 0.15) is 26.7 Å². The number of rotatable bonds is 6. The van der Waals surface area contributed by atoms with Gasteiger partial charge in [-0.2, -0.15) is 8.42 Å². The van der Waals surface area contributed by atoms with Crippen LogP contribution in [0.2, 0.25) is 0 Å². The van der Waals surface area contributed by atoms with E-state index in [0.29, 0.717) is 12.8 Å². The molecule has 0 fully saturated rings. The van der Waals surface area contributed by atoms with Gasteiger partial charge in [-0.15, -0.1) is 0 Å². The molecule has 5 nitrogen and oxygen atoms in total. The molecule has 0 bridgehead atoms. The zero-order valence-corrected chi connectivity index (χ0v) is 9.48. The second-order valence-electron chi connectivity index (χ2n) is 2.62. The molecule has 0 rings (SSSR count). The molecule has 0 aliphatic carbocycles. The molecule has 0 aliphatic heterocycles. The van der Waals surface area contributed by atoms with E-state index in [1.165, 1.54) is 0 Å². The molecule has 8 heteroatoms. The second kappa shape index (κ2) is 7.39. The van der Waals surface area contributed by atoms with Gasteiger partial charge in [0.05, 0.1) is 6.61 Å². The molecule has 1 atom stereocenters. The Morgan fingerprint density at radius 3 is 2.07 bits per heavy atom. The fourth-order valence-electron chi connectivity index (χ4n) is 0.751. The summed E-state index contributed by atoms with van der Waals surface area (Å²) in [6.45, 7) is -0.374. The summed E-state index contributed by atoms with van der Waals surface area (Å²) in [7, 11) is -4.57. The SMILES string of the molecule is CCCOP(=O)(CCC)S(=O)(=O)O.[NaH]. The predicted molar refractivity (Wildman–Crippen MR) is 57.7 cm³/mol. The molecule has 0 aromatic carbocycles. The summed E-state index contributed by atoms with van der Waals surface area (Å²) in [6.07, 6.45) is 0.815. The summed E-state index contributed by atoms with van der Waals surface area (Å²) >= 11 is 0. The maximum atomic E-state index is 11.5. The Labute approximate surface area is 107 Å². The first-order chi connectivity index (χ1) is 5.87. The van der Waals surface area contributed by atoms with Crippen molar-refractivity contribution in [3.05, 3.63) is 0 Å². The van der Waals surface area contributed by atoms with E-state index in [-0.39, 0.29) is 42.3 Å². The number of hydrogen-bond acceptors (Lipinski definition) is 4. The molecular formula is C6H16NaO5PS. The monoisotopic (exact) mass is 254 g/mol. The van der Waals surface area contributed by atoms with Crippen molar-refractivity contribution >= 4 is 45.9 Å². The van der Waals surface area contributed by atoms with Gasteiger partial charge in [-0.05, 0) is 12.8 Å². The van der Waals surface area contributed by atoms with Gasteiger partial charge in [-0.25, -0.2) is 0 Å². The molecule has 1 unspecified atom stereocenters. The third kappa shape index (κ3) is 5.26. The van der Waals surface area contributed by atoms with E-state index in [1.54, 1.807) is 13.8 Å². The third-order valence-corrected chi connectivity index (χ3v) is 6.59. The quantitative estimate of drug-likeness (QED) is 0.438. The average molecular weight is 254 g/mol. The van der Waals surface area contributed by atoms with E-state index in [9.17, 15) is 13.0 Å². The molecule has 0 aromatic rings. The molecule has 0 amide bonds. The molecule has 0 heterocycles. The van der Waals surface area contributed by atoms with Crippen LogP contribution >= 0.6 is 6.57 Å². The fourth-order valence-corrected chi connectivity index (χ4v) is 4.12. The Bertz CT molecular complexity index is 289. The molecule has 0 saturated carbocycles. The van der Waals surface area contributed by atoms with Gasteiger partial charge in [0.2, 0.25) is 0 Å². The Balaban J connectivity index is 0. The van der Waals surface area contributed by atoms with E-state index in [2.05, 4.69) is 0 Å². The zero-order valence-electron chi connectivity index (χ0n) is 7.76. The molecule has 0 aliphatic rings. The number of hydrogen-bond donors (Lipinski definition) is 1. The summed E-state index contributed by atoms with van der Waals surface area (Å²) < 4.78 is 46.3. The normalized spacial score (nSPS) is 15.6. The molecule has 0 aromatic heterocycles. The van der Waals surface area contributed by atoms with Gasteiger partial charge in [0.25, 0.3) is 0 Å². The van der Waals surface area contributed by atoms with Crippen LogP contribution in [0.25, 0.3) is 0 Å². The minimum absolute atomic E-state index is 0. The van der Waals surface area contributed by atoms with E-state index >= 15 is 0 Å². The molecule has 0 spiro atoms. The first-order valence-electron chi connectivity index (χ1n) is 4.08. The fraction of sp³-hybridized carbons (Fsp3) is 1.00. The van der Waals surface area contributed by atoms with Gasteiger partial charge < -0.3 is 4.52 Å². The first kappa shape index (κ1) is 17.5. The van der Waals surface area contributed by atoms with Crippen molar-refractivity contribution in [3.8, 4) is 0 Å². The maximum absolute atomic E-state index is 11.5. The van der Waals surface area contributed by atoms with Crippen molar-refractivity contribution in [2.75, 3.05) is 12.8 Å². The predicted octanol–water partition coefficient (Wildman–Crippen LogP) is 1.26. The van der Waals surface area contributed by atoms with E-state index < -0.39 is 16.3 Å². The Hall–Kier alpha value is 1.10. The molecular weight excluding hydrogens is 238 g/mol. The summed E-state index contributed by atoms with van der Waals surface area (Å²) in [5, 5.41) is 0. The second-order valence-corrected chi connectivity index (χ2v) is 8.49. The topological polar surface area (TPSA) is 80.7 Å². The first-order valence-corrected chi connectivity index (χ1v) is 7.94. The molecule has 1 N–H and O–H groups in total. The molecule has 82 valence electrons. The summed E-state index contributed by atoms with van der Waals surface area (Å²) in [5.41, 5.74) is 0. The van der Waals surface area contributed by atoms with Crippen molar-refractivity contribution in [3.63, 3.8) is 0 Å². The van der Waals surface area contributed by atoms with Crippen molar-refractivity contribution in [1.29, 1.82) is 0 Å². The summed E-state index contributed by atoms with van der Waals surface area (Å²) in [5.74, 6) is 0. The third-order valence-electron chi connectivity index (χ3n) is 1.34. The summed E-state index contributed by atoms with van der Waals surface area (Å²) in [6, 6.07) is 0. The Kier molecular flexibility index (Phi) is 9.23. The van der Waals surface area contributed by atoms with E-state index in [1.807, 2.05) is 0 Å². The van der Waals surface area contributed by atoms with Gasteiger partial charge in [-0.3, -0.25) is 9.12 Å². The van der Waals surface area contributed by atoms with E-state index in [0.717, 1.165) is 0 Å². The van der Waals surface area contributed by atoms with Gasteiger partial charge >= 0.3 is 45.9 Å².